The minimum atomic E-state index is -4.60. The van der Waals surface area contributed by atoms with Crippen molar-refractivity contribution in [2.45, 2.75) is 25.1 Å². The molecule has 164 valence electrons. The molecule has 0 radical (unpaired) electrons. The number of halogens is 3. The highest BCUT2D eigenvalue weighted by Gasteiger charge is 2.34. The van der Waals surface area contributed by atoms with Crippen LogP contribution in [0.5, 0.6) is 11.5 Å². The minimum Gasteiger partial charge on any atom is -0.493 e. The highest BCUT2D eigenvalue weighted by molar-refractivity contribution is 5.95. The summed E-state index contributed by atoms with van der Waals surface area (Å²) in [4.78, 5) is 14.5. The topological polar surface area (TPSA) is 74.6 Å². The molecule has 1 N–H and O–H groups in total. The van der Waals surface area contributed by atoms with Crippen LogP contribution in [0.3, 0.4) is 0 Å². The van der Waals surface area contributed by atoms with Gasteiger partial charge in [0.2, 0.25) is 0 Å². The van der Waals surface area contributed by atoms with Gasteiger partial charge in [-0.25, -0.2) is 0 Å². The number of hydrogen-bond donors (Lipinski definition) is 1. The smallest absolute Gasteiger partial charge is 0.417 e. The Morgan fingerprint density at radius 3 is 2.35 bits per heavy atom. The van der Waals surface area contributed by atoms with E-state index in [0.717, 1.165) is 6.07 Å². The fourth-order valence-corrected chi connectivity index (χ4v) is 3.58. The maximum Gasteiger partial charge on any atom is 0.417 e. The van der Waals surface area contributed by atoms with Crippen LogP contribution >= 0.6 is 0 Å². The number of hydrogen-bond acceptors (Lipinski definition) is 5. The van der Waals surface area contributed by atoms with Crippen LogP contribution in [0.15, 0.2) is 36.4 Å². The minimum absolute atomic E-state index is 0.0801. The summed E-state index contributed by atoms with van der Waals surface area (Å²) in [5.74, 6) is 0.853. The number of nitriles is 1. The van der Waals surface area contributed by atoms with Crippen LogP contribution in [0.25, 0.3) is 0 Å². The van der Waals surface area contributed by atoms with Gasteiger partial charge in [0.05, 0.1) is 31.4 Å². The number of rotatable bonds is 5. The van der Waals surface area contributed by atoms with Crippen molar-refractivity contribution in [3.05, 3.63) is 53.1 Å². The Bertz CT molecular complexity index is 994. The number of nitrogens with one attached hydrogen (secondary N) is 1. The van der Waals surface area contributed by atoms with Gasteiger partial charge in [0.25, 0.3) is 5.91 Å². The summed E-state index contributed by atoms with van der Waals surface area (Å²) in [6, 6.07) is 10.1. The maximum atomic E-state index is 13.2. The fourth-order valence-electron chi connectivity index (χ4n) is 3.58. The lowest BCUT2D eigenvalue weighted by Gasteiger charge is -2.33. The number of carbonyl (C=O) groups is 1. The Hall–Kier alpha value is -3.41. The van der Waals surface area contributed by atoms with Crippen molar-refractivity contribution >= 4 is 11.6 Å². The molecule has 6 nitrogen and oxygen atoms in total. The molecule has 0 saturated carbocycles. The second-order valence-electron chi connectivity index (χ2n) is 7.15. The average Bonchev–Trinajstić information content (AvgIpc) is 2.78. The zero-order chi connectivity index (χ0) is 22.6. The van der Waals surface area contributed by atoms with E-state index in [0.29, 0.717) is 48.7 Å². The van der Waals surface area contributed by atoms with Crippen LogP contribution in [0.1, 0.15) is 34.3 Å². The second kappa shape index (κ2) is 9.16. The molecule has 0 spiro atoms. The van der Waals surface area contributed by atoms with Gasteiger partial charge in [-0.3, -0.25) is 4.79 Å². The van der Waals surface area contributed by atoms with E-state index in [4.69, 9.17) is 14.7 Å². The van der Waals surface area contributed by atoms with E-state index in [1.165, 1.54) is 26.4 Å². The van der Waals surface area contributed by atoms with E-state index >= 15 is 0 Å². The van der Waals surface area contributed by atoms with E-state index in [2.05, 4.69) is 5.32 Å². The normalized spacial score (nSPS) is 14.6. The third-order valence-electron chi connectivity index (χ3n) is 5.23. The van der Waals surface area contributed by atoms with Crippen LogP contribution in [0, 0.1) is 11.3 Å². The standard InChI is InChI=1S/C22H22F3N3O3/c1-30-19-6-4-14(11-20(19)31-2)21(29)28-9-7-16(8-10-28)27-17-5-3-15(13-26)18(12-17)22(23,24)25/h3-6,11-12,16,27H,7-10H2,1-2H3. The summed E-state index contributed by atoms with van der Waals surface area (Å²) >= 11 is 0. The average molecular weight is 433 g/mol. The Morgan fingerprint density at radius 2 is 1.77 bits per heavy atom. The lowest BCUT2D eigenvalue weighted by atomic mass is 10.0. The van der Waals surface area contributed by atoms with Crippen molar-refractivity contribution in [3.63, 3.8) is 0 Å². The predicted octanol–water partition coefficient (Wildman–Crippen LogP) is 4.31. The van der Waals surface area contributed by atoms with Crippen molar-refractivity contribution in [1.29, 1.82) is 5.26 Å². The first-order chi connectivity index (χ1) is 14.8. The molecule has 2 aromatic rings. The molecule has 0 atom stereocenters. The Labute approximate surface area is 178 Å². The summed E-state index contributed by atoms with van der Waals surface area (Å²) in [6.45, 7) is 0.931. The molecule has 3 rings (SSSR count). The Balaban J connectivity index is 1.64. The van der Waals surface area contributed by atoms with Gasteiger partial charge in [0, 0.05) is 30.4 Å². The lowest BCUT2D eigenvalue weighted by molar-refractivity contribution is -0.137. The highest BCUT2D eigenvalue weighted by Crippen LogP contribution is 2.34. The Kier molecular flexibility index (Phi) is 6.59. The number of anilines is 1. The number of amides is 1. The van der Waals surface area contributed by atoms with Gasteiger partial charge < -0.3 is 19.7 Å². The molecule has 31 heavy (non-hydrogen) atoms. The zero-order valence-corrected chi connectivity index (χ0v) is 17.1. The molecular weight excluding hydrogens is 411 g/mol. The van der Waals surface area contributed by atoms with Crippen molar-refractivity contribution in [2.75, 3.05) is 32.6 Å². The van der Waals surface area contributed by atoms with Crippen LogP contribution < -0.4 is 14.8 Å². The summed E-state index contributed by atoms with van der Waals surface area (Å²) in [5, 5.41) is 12.0. The quantitative estimate of drug-likeness (QED) is 0.761. The summed E-state index contributed by atoms with van der Waals surface area (Å²) in [6.07, 6.45) is -3.43. The molecule has 0 bridgehead atoms. The third kappa shape index (κ3) is 5.02. The van der Waals surface area contributed by atoms with E-state index in [1.807, 2.05) is 0 Å². The predicted molar refractivity (Wildman–Crippen MR) is 108 cm³/mol. The van der Waals surface area contributed by atoms with E-state index in [9.17, 15) is 18.0 Å². The van der Waals surface area contributed by atoms with Gasteiger partial charge in [-0.2, -0.15) is 18.4 Å². The van der Waals surface area contributed by atoms with Crippen LogP contribution in [-0.2, 0) is 6.18 Å². The molecule has 0 unspecified atom stereocenters. The molecule has 9 heteroatoms. The number of carbonyl (C=O) groups excluding carboxylic acids is 1. The van der Waals surface area contributed by atoms with Crippen LogP contribution in [0.4, 0.5) is 18.9 Å². The number of benzene rings is 2. The molecule has 1 amide bonds. The molecule has 1 heterocycles. The van der Waals surface area contributed by atoms with Gasteiger partial charge in [0.1, 0.15) is 0 Å². The van der Waals surface area contributed by atoms with Crippen molar-refractivity contribution in [3.8, 4) is 17.6 Å². The van der Waals surface area contributed by atoms with Gasteiger partial charge in [0.15, 0.2) is 11.5 Å². The first-order valence-electron chi connectivity index (χ1n) is 9.66. The molecule has 2 aromatic carbocycles. The SMILES string of the molecule is COc1ccc(C(=O)N2CCC(Nc3ccc(C#N)c(C(F)(F)F)c3)CC2)cc1OC. The molecular formula is C22H22F3N3O3. The van der Waals surface area contributed by atoms with Gasteiger partial charge in [-0.05, 0) is 49.2 Å². The number of nitrogens with zero attached hydrogens (tertiary/aromatic N) is 2. The molecule has 1 aliphatic rings. The van der Waals surface area contributed by atoms with Gasteiger partial charge >= 0.3 is 6.18 Å². The van der Waals surface area contributed by atoms with Crippen LogP contribution in [-0.4, -0.2) is 44.2 Å². The zero-order valence-electron chi connectivity index (χ0n) is 17.1. The first kappa shape index (κ1) is 22.3. The van der Waals surface area contributed by atoms with E-state index in [-0.39, 0.29) is 11.9 Å². The fraction of sp³-hybridized carbons (Fsp3) is 0.364. The first-order valence-corrected chi connectivity index (χ1v) is 9.66. The summed E-state index contributed by atoms with van der Waals surface area (Å²) < 4.78 is 49.9. The van der Waals surface area contributed by atoms with Crippen molar-refractivity contribution in [1.82, 2.24) is 4.90 Å². The molecule has 1 aliphatic heterocycles. The molecule has 1 saturated heterocycles. The number of ether oxygens (including phenoxy) is 2. The van der Waals surface area contributed by atoms with Crippen molar-refractivity contribution < 1.29 is 27.4 Å². The van der Waals surface area contributed by atoms with Gasteiger partial charge in [-0.15, -0.1) is 0 Å². The number of alkyl halides is 3. The molecule has 1 fully saturated rings. The second-order valence-corrected chi connectivity index (χ2v) is 7.15. The third-order valence-corrected chi connectivity index (χ3v) is 5.23. The van der Waals surface area contributed by atoms with Crippen LogP contribution in [0.2, 0.25) is 0 Å². The molecule has 0 aliphatic carbocycles. The van der Waals surface area contributed by atoms with Crippen molar-refractivity contribution in [2.24, 2.45) is 0 Å². The summed E-state index contributed by atoms with van der Waals surface area (Å²) in [7, 11) is 3.01. The summed E-state index contributed by atoms with van der Waals surface area (Å²) in [5.41, 5.74) is -0.587. The number of piperidine rings is 1. The maximum absolute atomic E-state index is 13.2. The monoisotopic (exact) mass is 433 g/mol. The number of likely N-dealkylation sites (tertiary alicyclic amines) is 1. The van der Waals surface area contributed by atoms with Gasteiger partial charge in [-0.1, -0.05) is 0 Å². The largest absolute Gasteiger partial charge is 0.493 e. The highest BCUT2D eigenvalue weighted by atomic mass is 19.4. The Morgan fingerprint density at radius 1 is 1.10 bits per heavy atom. The van der Waals surface area contributed by atoms with E-state index < -0.39 is 17.3 Å². The lowest BCUT2D eigenvalue weighted by Crippen LogP contribution is -2.42. The number of methoxy groups -OCH3 is 2. The van der Waals surface area contributed by atoms with E-state index in [1.54, 1.807) is 29.2 Å². The molecule has 0 aromatic heterocycles.